The third kappa shape index (κ3) is 3.94. The first kappa shape index (κ1) is 23.6. The largest absolute Gasteiger partial charge is 0.369 e. The number of nitrogens with zero attached hydrogens (tertiary/aromatic N) is 6. The molecule has 0 bridgehead atoms. The number of fused-ring (bicyclic) bond motifs is 7. The minimum atomic E-state index is 0.971. The number of likely N-dealkylation sites (N-methyl/N-ethyl adjacent to an activating group) is 2. The van der Waals surface area contributed by atoms with Crippen LogP contribution in [0.2, 0.25) is 0 Å². The molecule has 0 spiro atoms. The van der Waals surface area contributed by atoms with Gasteiger partial charge >= 0.3 is 0 Å². The van der Waals surface area contributed by atoms with Gasteiger partial charge in [-0.15, -0.1) is 0 Å². The molecule has 2 aliphatic rings. The number of anilines is 2. The fraction of sp³-hybridized carbons (Fsp3) is 0.375. The average Bonchev–Trinajstić information content (AvgIpc) is 2.93. The fourth-order valence-corrected chi connectivity index (χ4v) is 6.13. The monoisotopic (exact) mass is 504 g/mol. The fourth-order valence-electron chi connectivity index (χ4n) is 6.13. The average molecular weight is 505 g/mol. The van der Waals surface area contributed by atoms with Crippen molar-refractivity contribution in [3.8, 4) is 0 Å². The van der Waals surface area contributed by atoms with Gasteiger partial charge in [0.15, 0.2) is 0 Å². The number of benzene rings is 4. The number of piperazine rings is 2. The van der Waals surface area contributed by atoms with Crippen molar-refractivity contribution in [2.75, 3.05) is 76.3 Å². The van der Waals surface area contributed by atoms with E-state index in [0.29, 0.717) is 0 Å². The Kier molecular flexibility index (Phi) is 5.64. The van der Waals surface area contributed by atoms with E-state index in [1.165, 1.54) is 44.0 Å². The summed E-state index contributed by atoms with van der Waals surface area (Å²) in [6.07, 6.45) is 0. The minimum absolute atomic E-state index is 0.971. The molecule has 0 aliphatic carbocycles. The predicted octanol–water partition coefficient (Wildman–Crippen LogP) is 5.21. The molecular weight excluding hydrogens is 468 g/mol. The summed E-state index contributed by atoms with van der Waals surface area (Å²) in [4.78, 5) is 20.3. The summed E-state index contributed by atoms with van der Waals surface area (Å²) in [6.45, 7) is 12.9. The second kappa shape index (κ2) is 9.07. The van der Waals surface area contributed by atoms with E-state index in [1.54, 1.807) is 0 Å². The first-order valence-corrected chi connectivity index (χ1v) is 13.9. The summed E-state index contributed by atoms with van der Waals surface area (Å²) in [5, 5.41) is 4.93. The summed E-state index contributed by atoms with van der Waals surface area (Å²) in [5.74, 6) is 0. The summed E-state index contributed by atoms with van der Waals surface area (Å²) >= 11 is 0. The Bertz CT molecular complexity index is 1570. The predicted molar refractivity (Wildman–Crippen MR) is 161 cm³/mol. The molecular formula is C32H36N6. The van der Waals surface area contributed by atoms with E-state index in [2.05, 4.69) is 96.1 Å². The van der Waals surface area contributed by atoms with Gasteiger partial charge in [0.25, 0.3) is 0 Å². The lowest BCUT2D eigenvalue weighted by Crippen LogP contribution is -2.44. The molecule has 0 saturated carbocycles. The molecule has 0 unspecified atom stereocenters. The zero-order valence-corrected chi connectivity index (χ0v) is 23.0. The van der Waals surface area contributed by atoms with E-state index in [-0.39, 0.29) is 0 Å². The molecule has 0 amide bonds. The van der Waals surface area contributed by atoms with Crippen molar-refractivity contribution in [3.63, 3.8) is 0 Å². The van der Waals surface area contributed by atoms with Gasteiger partial charge in [-0.25, -0.2) is 9.97 Å². The Morgan fingerprint density at radius 1 is 0.500 bits per heavy atom. The van der Waals surface area contributed by atoms with Crippen molar-refractivity contribution >= 4 is 55.0 Å². The van der Waals surface area contributed by atoms with E-state index >= 15 is 0 Å². The van der Waals surface area contributed by atoms with Crippen molar-refractivity contribution < 1.29 is 0 Å². The molecule has 6 nitrogen and oxygen atoms in total. The maximum absolute atomic E-state index is 5.23. The van der Waals surface area contributed by atoms with Crippen molar-refractivity contribution in [2.45, 2.75) is 13.8 Å². The van der Waals surface area contributed by atoms with E-state index < -0.39 is 0 Å². The Morgan fingerprint density at radius 2 is 0.895 bits per heavy atom. The lowest BCUT2D eigenvalue weighted by Gasteiger charge is -2.34. The van der Waals surface area contributed by atoms with Crippen LogP contribution in [0, 0.1) is 13.8 Å². The summed E-state index contributed by atoms with van der Waals surface area (Å²) in [6, 6.07) is 18.3. The minimum Gasteiger partial charge on any atom is -0.369 e. The second-order valence-corrected chi connectivity index (χ2v) is 11.4. The third-order valence-electron chi connectivity index (χ3n) is 8.82. The Morgan fingerprint density at radius 3 is 1.29 bits per heavy atom. The van der Waals surface area contributed by atoms with Gasteiger partial charge in [-0.05, 0) is 86.2 Å². The number of hydrogen-bond acceptors (Lipinski definition) is 6. The molecule has 4 aromatic carbocycles. The highest BCUT2D eigenvalue weighted by atomic mass is 15.3. The Hall–Kier alpha value is -3.48. The van der Waals surface area contributed by atoms with Crippen molar-refractivity contribution in [2.24, 2.45) is 0 Å². The molecule has 1 aromatic heterocycles. The highest BCUT2D eigenvalue weighted by Gasteiger charge is 2.20. The maximum atomic E-state index is 5.23. The normalized spacial score (nSPS) is 17.9. The lowest BCUT2D eigenvalue weighted by molar-refractivity contribution is 0.313. The van der Waals surface area contributed by atoms with Crippen LogP contribution >= 0.6 is 0 Å². The number of rotatable bonds is 2. The zero-order chi connectivity index (χ0) is 26.0. The molecule has 2 aliphatic heterocycles. The molecule has 0 N–H and O–H groups in total. The van der Waals surface area contributed by atoms with E-state index in [4.69, 9.17) is 9.97 Å². The Labute approximate surface area is 224 Å². The quantitative estimate of drug-likeness (QED) is 0.243. The van der Waals surface area contributed by atoms with E-state index in [9.17, 15) is 0 Å². The standard InChI is InChI=1S/C32H36N6/c1-21-17-29-30(18-22(21)2)34-32-26-8-6-24(38-15-11-36(4)12-16-38)20-28(26)27-19-23(5-7-25(27)31(32)33-29)37-13-9-35(3)10-14-37/h5-8,17-20H,9-16H2,1-4H3. The van der Waals surface area contributed by atoms with Gasteiger partial charge in [0.1, 0.15) is 0 Å². The molecule has 7 rings (SSSR count). The van der Waals surface area contributed by atoms with Gasteiger partial charge in [-0.2, -0.15) is 0 Å². The van der Waals surface area contributed by atoms with Crippen LogP contribution in [0.3, 0.4) is 0 Å². The molecule has 0 radical (unpaired) electrons. The molecule has 2 saturated heterocycles. The summed E-state index contributed by atoms with van der Waals surface area (Å²) in [5.41, 5.74) is 9.06. The summed E-state index contributed by atoms with van der Waals surface area (Å²) in [7, 11) is 4.42. The van der Waals surface area contributed by atoms with Crippen LogP contribution in [0.4, 0.5) is 11.4 Å². The summed E-state index contributed by atoms with van der Waals surface area (Å²) < 4.78 is 0. The van der Waals surface area contributed by atoms with Crippen LogP contribution in [0.5, 0.6) is 0 Å². The molecule has 6 heteroatoms. The third-order valence-corrected chi connectivity index (χ3v) is 8.82. The van der Waals surface area contributed by atoms with Gasteiger partial charge in [0, 0.05) is 74.5 Å². The first-order valence-electron chi connectivity index (χ1n) is 13.9. The van der Waals surface area contributed by atoms with Crippen molar-refractivity contribution in [1.29, 1.82) is 0 Å². The highest BCUT2D eigenvalue weighted by Crippen LogP contribution is 2.38. The Balaban J connectivity index is 1.49. The molecule has 0 atom stereocenters. The molecule has 5 aromatic rings. The smallest absolute Gasteiger partial charge is 0.0979 e. The van der Waals surface area contributed by atoms with Gasteiger partial charge in [0.05, 0.1) is 22.1 Å². The maximum Gasteiger partial charge on any atom is 0.0979 e. The molecule has 3 heterocycles. The number of aromatic nitrogens is 2. The van der Waals surface area contributed by atoms with Crippen molar-refractivity contribution in [1.82, 2.24) is 19.8 Å². The molecule has 2 fully saturated rings. The van der Waals surface area contributed by atoms with Crippen LogP contribution in [0.15, 0.2) is 48.5 Å². The van der Waals surface area contributed by atoms with Crippen LogP contribution in [0.1, 0.15) is 11.1 Å². The van der Waals surface area contributed by atoms with Gasteiger partial charge < -0.3 is 19.6 Å². The molecule has 194 valence electrons. The highest BCUT2D eigenvalue weighted by molar-refractivity contribution is 6.24. The van der Waals surface area contributed by atoms with Crippen LogP contribution in [-0.4, -0.2) is 86.2 Å². The van der Waals surface area contributed by atoms with Gasteiger partial charge in [-0.1, -0.05) is 12.1 Å². The van der Waals surface area contributed by atoms with Gasteiger partial charge in [-0.3, -0.25) is 0 Å². The number of aryl methyl sites for hydroxylation is 2. The van der Waals surface area contributed by atoms with Crippen LogP contribution in [-0.2, 0) is 0 Å². The lowest BCUT2D eigenvalue weighted by atomic mass is 9.97. The van der Waals surface area contributed by atoms with Crippen LogP contribution in [0.25, 0.3) is 43.6 Å². The van der Waals surface area contributed by atoms with Crippen molar-refractivity contribution in [3.05, 3.63) is 59.7 Å². The van der Waals surface area contributed by atoms with Gasteiger partial charge in [0.2, 0.25) is 0 Å². The number of hydrogen-bond donors (Lipinski definition) is 0. The second-order valence-electron chi connectivity index (χ2n) is 11.4. The van der Waals surface area contributed by atoms with Crippen LogP contribution < -0.4 is 9.80 Å². The zero-order valence-electron chi connectivity index (χ0n) is 23.0. The topological polar surface area (TPSA) is 38.7 Å². The SMILES string of the molecule is Cc1cc2nc3c4ccc(N5CCN(C)CC5)cc4c4cc(N5CCN(C)CC5)ccc4c3nc2cc1C. The molecule has 38 heavy (non-hydrogen) atoms. The van der Waals surface area contributed by atoms with E-state index in [1.807, 2.05) is 0 Å². The van der Waals surface area contributed by atoms with E-state index in [0.717, 1.165) is 74.4 Å². The first-order chi connectivity index (χ1) is 18.4.